The second-order valence-electron chi connectivity index (χ2n) is 2.99. The topological polar surface area (TPSA) is 68.0 Å². The summed E-state index contributed by atoms with van der Waals surface area (Å²) in [6, 6.07) is 2.61. The van der Waals surface area contributed by atoms with Crippen molar-refractivity contribution in [3.63, 3.8) is 0 Å². The number of carbonyl (C=O) groups excluding carboxylic acids is 1. The van der Waals surface area contributed by atoms with Gasteiger partial charge in [0.1, 0.15) is 5.15 Å². The van der Waals surface area contributed by atoms with Gasteiger partial charge in [-0.25, -0.2) is 4.98 Å². The standard InChI is InChI=1S/C10H12ClN3O/c1-2-3-8(12)10(15)14-7-4-5-13-9(11)6-7/h2,4-6,8H,1,3,12H2,(H,13,14,15). The van der Waals surface area contributed by atoms with Gasteiger partial charge in [0.2, 0.25) is 5.91 Å². The molecule has 1 unspecified atom stereocenters. The number of anilines is 1. The predicted octanol–water partition coefficient (Wildman–Crippen LogP) is 1.58. The first-order valence-corrected chi connectivity index (χ1v) is 4.80. The van der Waals surface area contributed by atoms with Crippen LogP contribution < -0.4 is 11.1 Å². The van der Waals surface area contributed by atoms with E-state index in [0.29, 0.717) is 17.3 Å². The maximum absolute atomic E-state index is 11.5. The Bertz CT molecular complexity index is 367. The van der Waals surface area contributed by atoms with Crippen LogP contribution in [0.25, 0.3) is 0 Å². The van der Waals surface area contributed by atoms with Gasteiger partial charge in [-0.3, -0.25) is 4.79 Å². The van der Waals surface area contributed by atoms with E-state index in [2.05, 4.69) is 16.9 Å². The molecule has 0 bridgehead atoms. The molecule has 0 aliphatic heterocycles. The number of hydrogen-bond donors (Lipinski definition) is 2. The molecular formula is C10H12ClN3O. The number of halogens is 1. The number of rotatable bonds is 4. The average molecular weight is 226 g/mol. The third-order valence-corrected chi connectivity index (χ3v) is 1.96. The normalized spacial score (nSPS) is 11.9. The van der Waals surface area contributed by atoms with Crippen LogP contribution >= 0.6 is 11.6 Å². The Morgan fingerprint density at radius 3 is 3.13 bits per heavy atom. The molecule has 15 heavy (non-hydrogen) atoms. The van der Waals surface area contributed by atoms with E-state index in [1.807, 2.05) is 0 Å². The van der Waals surface area contributed by atoms with Crippen LogP contribution in [0, 0.1) is 0 Å². The van der Waals surface area contributed by atoms with Crippen LogP contribution in [0.3, 0.4) is 0 Å². The zero-order chi connectivity index (χ0) is 11.3. The highest BCUT2D eigenvalue weighted by molar-refractivity contribution is 6.29. The Labute approximate surface area is 93.1 Å². The first kappa shape index (κ1) is 11.7. The van der Waals surface area contributed by atoms with E-state index in [1.165, 1.54) is 6.20 Å². The van der Waals surface area contributed by atoms with E-state index in [1.54, 1.807) is 18.2 Å². The minimum Gasteiger partial charge on any atom is -0.325 e. The van der Waals surface area contributed by atoms with Crippen molar-refractivity contribution in [3.8, 4) is 0 Å². The monoisotopic (exact) mass is 225 g/mol. The highest BCUT2D eigenvalue weighted by Crippen LogP contribution is 2.12. The predicted molar refractivity (Wildman–Crippen MR) is 60.7 cm³/mol. The van der Waals surface area contributed by atoms with Crippen molar-refractivity contribution < 1.29 is 4.79 Å². The molecule has 0 spiro atoms. The SMILES string of the molecule is C=CCC(N)C(=O)Nc1ccnc(Cl)c1. The van der Waals surface area contributed by atoms with Crippen LogP contribution in [0.5, 0.6) is 0 Å². The summed E-state index contributed by atoms with van der Waals surface area (Å²) in [5, 5.41) is 2.96. The number of amides is 1. The van der Waals surface area contributed by atoms with Crippen LogP contribution in [0.15, 0.2) is 31.0 Å². The van der Waals surface area contributed by atoms with Gasteiger partial charge in [0, 0.05) is 11.9 Å². The molecule has 4 nitrogen and oxygen atoms in total. The van der Waals surface area contributed by atoms with Crippen LogP contribution in [0.2, 0.25) is 5.15 Å². The van der Waals surface area contributed by atoms with E-state index in [0.717, 1.165) is 0 Å². The van der Waals surface area contributed by atoms with Crippen molar-refractivity contribution in [2.75, 3.05) is 5.32 Å². The average Bonchev–Trinajstić information content (AvgIpc) is 2.18. The van der Waals surface area contributed by atoms with Gasteiger partial charge >= 0.3 is 0 Å². The molecule has 0 fully saturated rings. The molecule has 5 heteroatoms. The second kappa shape index (κ2) is 5.48. The van der Waals surface area contributed by atoms with Crippen molar-refractivity contribution in [1.29, 1.82) is 0 Å². The molecular weight excluding hydrogens is 214 g/mol. The molecule has 0 aromatic carbocycles. The van der Waals surface area contributed by atoms with Crippen LogP contribution in [-0.4, -0.2) is 16.9 Å². The summed E-state index contributed by atoms with van der Waals surface area (Å²) in [4.78, 5) is 15.3. The molecule has 0 saturated heterocycles. The minimum atomic E-state index is -0.588. The summed E-state index contributed by atoms with van der Waals surface area (Å²) in [6.07, 6.45) is 3.55. The first-order valence-electron chi connectivity index (χ1n) is 4.42. The van der Waals surface area contributed by atoms with Crippen LogP contribution in [0.4, 0.5) is 5.69 Å². The quantitative estimate of drug-likeness (QED) is 0.604. The summed E-state index contributed by atoms with van der Waals surface area (Å²) < 4.78 is 0. The molecule has 1 amide bonds. The van der Waals surface area contributed by atoms with Gasteiger partial charge < -0.3 is 11.1 Å². The second-order valence-corrected chi connectivity index (χ2v) is 3.37. The fraction of sp³-hybridized carbons (Fsp3) is 0.200. The van der Waals surface area contributed by atoms with Crippen LogP contribution in [-0.2, 0) is 4.79 Å². The van der Waals surface area contributed by atoms with E-state index >= 15 is 0 Å². The summed E-state index contributed by atoms with van der Waals surface area (Å²) in [5.74, 6) is -0.267. The van der Waals surface area contributed by atoms with E-state index in [-0.39, 0.29) is 5.91 Å². The number of carbonyl (C=O) groups is 1. The van der Waals surface area contributed by atoms with Gasteiger partial charge in [0.05, 0.1) is 6.04 Å². The first-order chi connectivity index (χ1) is 7.13. The third kappa shape index (κ3) is 3.69. The maximum atomic E-state index is 11.5. The molecule has 1 heterocycles. The molecule has 80 valence electrons. The highest BCUT2D eigenvalue weighted by Gasteiger charge is 2.11. The number of nitrogens with one attached hydrogen (secondary N) is 1. The lowest BCUT2D eigenvalue weighted by molar-refractivity contribution is -0.117. The van der Waals surface area contributed by atoms with Gasteiger partial charge in [-0.2, -0.15) is 0 Å². The smallest absolute Gasteiger partial charge is 0.241 e. The van der Waals surface area contributed by atoms with Crippen molar-refractivity contribution >= 4 is 23.2 Å². The number of nitrogens with zero attached hydrogens (tertiary/aromatic N) is 1. The van der Waals surface area contributed by atoms with Crippen molar-refractivity contribution in [2.45, 2.75) is 12.5 Å². The lowest BCUT2D eigenvalue weighted by Crippen LogP contribution is -2.35. The number of aromatic nitrogens is 1. The van der Waals surface area contributed by atoms with E-state index in [4.69, 9.17) is 17.3 Å². The van der Waals surface area contributed by atoms with Gasteiger partial charge in [-0.1, -0.05) is 17.7 Å². The zero-order valence-electron chi connectivity index (χ0n) is 8.11. The molecule has 0 aliphatic rings. The summed E-state index contributed by atoms with van der Waals surface area (Å²) in [7, 11) is 0. The fourth-order valence-electron chi connectivity index (χ4n) is 1.00. The molecule has 1 rings (SSSR count). The zero-order valence-corrected chi connectivity index (χ0v) is 8.87. The lowest BCUT2D eigenvalue weighted by atomic mass is 10.2. The van der Waals surface area contributed by atoms with E-state index in [9.17, 15) is 4.79 Å². The Hall–Kier alpha value is -1.39. The molecule has 0 saturated carbocycles. The van der Waals surface area contributed by atoms with Gasteiger partial charge in [0.15, 0.2) is 0 Å². The molecule has 3 N–H and O–H groups in total. The minimum absolute atomic E-state index is 0.267. The van der Waals surface area contributed by atoms with Gasteiger partial charge in [0.25, 0.3) is 0 Å². The van der Waals surface area contributed by atoms with Gasteiger partial charge in [-0.15, -0.1) is 6.58 Å². The van der Waals surface area contributed by atoms with Crippen LogP contribution in [0.1, 0.15) is 6.42 Å². The molecule has 1 aromatic heterocycles. The Balaban J connectivity index is 2.62. The van der Waals surface area contributed by atoms with Gasteiger partial charge in [-0.05, 0) is 18.6 Å². The van der Waals surface area contributed by atoms with Crippen molar-refractivity contribution in [3.05, 3.63) is 36.1 Å². The number of nitrogens with two attached hydrogens (primary N) is 1. The van der Waals surface area contributed by atoms with E-state index < -0.39 is 6.04 Å². The molecule has 0 radical (unpaired) electrons. The summed E-state index contributed by atoms with van der Waals surface area (Å²) >= 11 is 5.66. The largest absolute Gasteiger partial charge is 0.325 e. The Morgan fingerprint density at radius 1 is 1.80 bits per heavy atom. The number of hydrogen-bond acceptors (Lipinski definition) is 3. The number of pyridine rings is 1. The lowest BCUT2D eigenvalue weighted by Gasteiger charge is -2.09. The Kier molecular flexibility index (Phi) is 4.27. The Morgan fingerprint density at radius 2 is 2.53 bits per heavy atom. The maximum Gasteiger partial charge on any atom is 0.241 e. The summed E-state index contributed by atoms with van der Waals surface area (Å²) in [6.45, 7) is 3.51. The molecule has 0 aliphatic carbocycles. The molecule has 1 atom stereocenters. The van der Waals surface area contributed by atoms with Crippen molar-refractivity contribution in [1.82, 2.24) is 4.98 Å². The molecule has 1 aromatic rings. The summed E-state index contributed by atoms with van der Waals surface area (Å²) in [5.41, 5.74) is 6.16. The fourth-order valence-corrected chi connectivity index (χ4v) is 1.18. The highest BCUT2D eigenvalue weighted by atomic mass is 35.5. The third-order valence-electron chi connectivity index (χ3n) is 1.75. The van der Waals surface area contributed by atoms with Crippen molar-refractivity contribution in [2.24, 2.45) is 5.73 Å².